The van der Waals surface area contributed by atoms with Crippen LogP contribution in [0.25, 0.3) is 5.57 Å². The summed E-state index contributed by atoms with van der Waals surface area (Å²) in [4.78, 5) is 6.39. The Balaban J connectivity index is 1.85. The highest BCUT2D eigenvalue weighted by Gasteiger charge is 2.16. The van der Waals surface area contributed by atoms with Gasteiger partial charge >= 0.3 is 0 Å². The molecule has 0 unspecified atom stereocenters. The molecule has 3 nitrogen and oxygen atoms in total. The third-order valence-corrected chi connectivity index (χ3v) is 3.14. The van der Waals surface area contributed by atoms with E-state index in [0.29, 0.717) is 0 Å². The number of benzene rings is 1. The van der Waals surface area contributed by atoms with Gasteiger partial charge < -0.3 is 10.0 Å². The SMILES string of the molecule is OCc1ccc(C2=CN3CN=CC3=CC2)cc1. The molecule has 1 aromatic carbocycles. The van der Waals surface area contributed by atoms with Crippen LogP contribution in [0.2, 0.25) is 0 Å². The van der Waals surface area contributed by atoms with Gasteiger partial charge in [0, 0.05) is 12.4 Å². The molecule has 17 heavy (non-hydrogen) atoms. The number of hydrogen-bond acceptors (Lipinski definition) is 3. The van der Waals surface area contributed by atoms with Crippen LogP contribution in [0.5, 0.6) is 0 Å². The predicted octanol–water partition coefficient (Wildman–Crippen LogP) is 2.15. The number of aliphatic hydroxyl groups is 1. The van der Waals surface area contributed by atoms with Gasteiger partial charge in [0.1, 0.15) is 6.67 Å². The Morgan fingerprint density at radius 3 is 2.82 bits per heavy atom. The fourth-order valence-electron chi connectivity index (χ4n) is 2.14. The van der Waals surface area contributed by atoms with Crippen molar-refractivity contribution in [1.82, 2.24) is 4.90 Å². The van der Waals surface area contributed by atoms with Crippen molar-refractivity contribution in [3.8, 4) is 0 Å². The molecule has 2 aliphatic heterocycles. The molecule has 0 atom stereocenters. The summed E-state index contributed by atoms with van der Waals surface area (Å²) in [5, 5.41) is 9.01. The summed E-state index contributed by atoms with van der Waals surface area (Å²) in [5.41, 5.74) is 4.65. The van der Waals surface area contributed by atoms with Gasteiger partial charge in [-0.25, -0.2) is 0 Å². The molecule has 0 spiro atoms. The Morgan fingerprint density at radius 1 is 1.24 bits per heavy atom. The number of allylic oxidation sites excluding steroid dienone is 3. The van der Waals surface area contributed by atoms with Gasteiger partial charge in [0.05, 0.1) is 12.3 Å². The molecule has 0 aromatic heterocycles. The van der Waals surface area contributed by atoms with Crippen molar-refractivity contribution < 1.29 is 5.11 Å². The number of aliphatic imine (C=N–C) groups is 1. The van der Waals surface area contributed by atoms with E-state index < -0.39 is 0 Å². The third-order valence-electron chi connectivity index (χ3n) is 3.14. The fraction of sp³-hybridized carbons (Fsp3) is 0.214. The predicted molar refractivity (Wildman–Crippen MR) is 68.2 cm³/mol. The summed E-state index contributed by atoms with van der Waals surface area (Å²) in [5.74, 6) is 0. The van der Waals surface area contributed by atoms with Crippen molar-refractivity contribution in [1.29, 1.82) is 0 Å². The lowest BCUT2D eigenvalue weighted by molar-refractivity contribution is 0.282. The number of aliphatic hydroxyl groups excluding tert-OH is 1. The lowest BCUT2D eigenvalue weighted by Gasteiger charge is -2.21. The zero-order valence-electron chi connectivity index (χ0n) is 9.50. The summed E-state index contributed by atoms with van der Waals surface area (Å²) in [6.07, 6.45) is 7.22. The van der Waals surface area contributed by atoms with E-state index in [-0.39, 0.29) is 6.61 Å². The zero-order chi connectivity index (χ0) is 11.7. The van der Waals surface area contributed by atoms with Gasteiger partial charge in [0.25, 0.3) is 0 Å². The van der Waals surface area contributed by atoms with Crippen molar-refractivity contribution in [2.75, 3.05) is 6.67 Å². The first-order valence-electron chi connectivity index (χ1n) is 5.74. The highest BCUT2D eigenvalue weighted by atomic mass is 16.3. The van der Waals surface area contributed by atoms with Crippen LogP contribution >= 0.6 is 0 Å². The van der Waals surface area contributed by atoms with Crippen molar-refractivity contribution in [3.05, 3.63) is 53.4 Å². The van der Waals surface area contributed by atoms with Crippen LogP contribution in [-0.4, -0.2) is 22.9 Å². The molecular weight excluding hydrogens is 212 g/mol. The van der Waals surface area contributed by atoms with Crippen LogP contribution in [-0.2, 0) is 6.61 Å². The van der Waals surface area contributed by atoms with Crippen LogP contribution in [0.15, 0.2) is 47.2 Å². The monoisotopic (exact) mass is 226 g/mol. The highest BCUT2D eigenvalue weighted by Crippen LogP contribution is 2.27. The molecule has 3 heteroatoms. The molecule has 0 amide bonds. The lowest BCUT2D eigenvalue weighted by atomic mass is 10.00. The second kappa shape index (κ2) is 4.18. The zero-order valence-corrected chi connectivity index (χ0v) is 9.50. The van der Waals surface area contributed by atoms with Crippen molar-refractivity contribution >= 4 is 11.8 Å². The molecule has 0 fully saturated rings. The largest absolute Gasteiger partial charge is 0.392 e. The molecule has 0 radical (unpaired) electrons. The quantitative estimate of drug-likeness (QED) is 0.838. The van der Waals surface area contributed by atoms with E-state index in [2.05, 4.69) is 34.3 Å². The minimum Gasteiger partial charge on any atom is -0.392 e. The van der Waals surface area contributed by atoms with Crippen molar-refractivity contribution in [2.24, 2.45) is 4.99 Å². The highest BCUT2D eigenvalue weighted by molar-refractivity contribution is 5.83. The van der Waals surface area contributed by atoms with Gasteiger partial charge in [-0.1, -0.05) is 30.3 Å². The molecule has 0 saturated carbocycles. The standard InChI is InChI=1S/C14H14N2O/c17-9-11-1-3-12(4-2-11)13-5-6-14-7-15-10-16(14)8-13/h1-4,6-8,17H,5,9-10H2. The molecule has 86 valence electrons. The summed E-state index contributed by atoms with van der Waals surface area (Å²) in [6, 6.07) is 8.06. The Morgan fingerprint density at radius 2 is 2.06 bits per heavy atom. The van der Waals surface area contributed by atoms with E-state index in [4.69, 9.17) is 5.11 Å². The summed E-state index contributed by atoms with van der Waals surface area (Å²) in [6.45, 7) is 0.827. The molecule has 3 rings (SSSR count). The van der Waals surface area contributed by atoms with Crippen LogP contribution in [0.1, 0.15) is 17.5 Å². The third kappa shape index (κ3) is 1.89. The average molecular weight is 226 g/mol. The average Bonchev–Trinajstić information content (AvgIpc) is 2.86. The minimum atomic E-state index is 0.101. The van der Waals surface area contributed by atoms with Crippen molar-refractivity contribution in [3.63, 3.8) is 0 Å². The molecule has 0 bridgehead atoms. The molecule has 1 N–H and O–H groups in total. The first-order chi connectivity index (χ1) is 8.36. The van der Waals surface area contributed by atoms with Crippen LogP contribution < -0.4 is 0 Å². The molecular formula is C14H14N2O. The Bertz CT molecular complexity index is 512. The van der Waals surface area contributed by atoms with Crippen molar-refractivity contribution in [2.45, 2.75) is 13.0 Å². The normalized spacial score (nSPS) is 17.8. The van der Waals surface area contributed by atoms with E-state index in [1.165, 1.54) is 16.8 Å². The van der Waals surface area contributed by atoms with Gasteiger partial charge in [0.15, 0.2) is 0 Å². The van der Waals surface area contributed by atoms with E-state index in [1.807, 2.05) is 18.3 Å². The number of hydrogen-bond donors (Lipinski definition) is 1. The summed E-state index contributed by atoms with van der Waals surface area (Å²) >= 11 is 0. The first-order valence-corrected chi connectivity index (χ1v) is 5.74. The van der Waals surface area contributed by atoms with E-state index in [1.54, 1.807) is 0 Å². The van der Waals surface area contributed by atoms with Crippen LogP contribution in [0.4, 0.5) is 0 Å². The topological polar surface area (TPSA) is 35.8 Å². The molecule has 2 aliphatic rings. The van der Waals surface area contributed by atoms with E-state index in [0.717, 1.165) is 18.7 Å². The lowest BCUT2D eigenvalue weighted by Crippen LogP contribution is -2.15. The molecule has 0 saturated heterocycles. The van der Waals surface area contributed by atoms with E-state index in [9.17, 15) is 0 Å². The Labute approximate surface area is 100 Å². The molecule has 2 heterocycles. The van der Waals surface area contributed by atoms with Gasteiger partial charge in [-0.3, -0.25) is 4.99 Å². The minimum absolute atomic E-state index is 0.101. The Hall–Kier alpha value is -1.87. The smallest absolute Gasteiger partial charge is 0.114 e. The first kappa shape index (κ1) is 10.3. The van der Waals surface area contributed by atoms with E-state index >= 15 is 0 Å². The fourth-order valence-corrected chi connectivity index (χ4v) is 2.14. The van der Waals surface area contributed by atoms with Crippen LogP contribution in [0.3, 0.4) is 0 Å². The number of fused-ring (bicyclic) bond motifs is 1. The summed E-state index contributed by atoms with van der Waals surface area (Å²) in [7, 11) is 0. The second-order valence-electron chi connectivity index (χ2n) is 4.27. The number of rotatable bonds is 2. The maximum Gasteiger partial charge on any atom is 0.114 e. The van der Waals surface area contributed by atoms with Gasteiger partial charge in [-0.05, 0) is 23.1 Å². The maximum atomic E-state index is 9.01. The van der Waals surface area contributed by atoms with Gasteiger partial charge in [-0.15, -0.1) is 0 Å². The second-order valence-corrected chi connectivity index (χ2v) is 4.27. The maximum absolute atomic E-state index is 9.01. The molecule has 1 aromatic rings. The van der Waals surface area contributed by atoms with Crippen LogP contribution in [0, 0.1) is 0 Å². The van der Waals surface area contributed by atoms with Gasteiger partial charge in [-0.2, -0.15) is 0 Å². The molecule has 0 aliphatic carbocycles. The van der Waals surface area contributed by atoms with Gasteiger partial charge in [0.2, 0.25) is 0 Å². The summed E-state index contributed by atoms with van der Waals surface area (Å²) < 4.78 is 0. The Kier molecular flexibility index (Phi) is 2.53. The number of nitrogens with zero attached hydrogens (tertiary/aromatic N) is 2.